The predicted octanol–water partition coefficient (Wildman–Crippen LogP) is -2.32. The number of halogens is 2. The topological polar surface area (TPSA) is 45.1 Å². The van der Waals surface area contributed by atoms with Gasteiger partial charge in [-0.3, -0.25) is 4.79 Å². The molecule has 2 aromatic rings. The van der Waals surface area contributed by atoms with Crippen molar-refractivity contribution in [3.63, 3.8) is 0 Å². The molecule has 6 heteroatoms. The number of nitrogens with zero attached hydrogens (tertiary/aromatic N) is 2. The van der Waals surface area contributed by atoms with Gasteiger partial charge in [-0.2, -0.15) is 0 Å². The molecule has 0 aromatic carbocycles. The van der Waals surface area contributed by atoms with Gasteiger partial charge in [-0.05, 0) is 24.0 Å². The monoisotopic (exact) mass is 548 g/mol. The van der Waals surface area contributed by atoms with Gasteiger partial charge in [-0.15, -0.1) is 0 Å². The first kappa shape index (κ1) is 26.0. The fourth-order valence-electron chi connectivity index (χ4n) is 2.95. The first-order valence-electron chi connectivity index (χ1n) is 9.32. The number of carbonyl (C=O) groups is 1. The van der Waals surface area contributed by atoms with Gasteiger partial charge in [0.15, 0.2) is 24.8 Å². The number of hydrogen-bond acceptors (Lipinski definition) is 1. The summed E-state index contributed by atoms with van der Waals surface area (Å²) in [4.78, 5) is 10.4. The largest absolute Gasteiger partial charge is 1.00 e. The average Bonchev–Trinajstić information content (AvgIpc) is 2.61. The van der Waals surface area contributed by atoms with Crippen LogP contribution in [0.25, 0.3) is 11.1 Å². The third-order valence-electron chi connectivity index (χ3n) is 4.51. The minimum atomic E-state index is -0.677. The van der Waals surface area contributed by atoms with E-state index in [0.717, 1.165) is 25.8 Å². The van der Waals surface area contributed by atoms with Gasteiger partial charge in [0.25, 0.3) is 0 Å². The van der Waals surface area contributed by atoms with Gasteiger partial charge in [0.1, 0.15) is 13.6 Å². The number of hydrogen-bond donors (Lipinski definition) is 1. The highest BCUT2D eigenvalue weighted by Crippen LogP contribution is 2.15. The predicted molar refractivity (Wildman–Crippen MR) is 97.8 cm³/mol. The molecule has 2 heterocycles. The zero-order chi connectivity index (χ0) is 17.9. The number of carboxylic acids is 1. The molecule has 0 radical (unpaired) electrons. The zero-order valence-electron chi connectivity index (χ0n) is 16.0. The van der Waals surface area contributed by atoms with Crippen molar-refractivity contribution in [3.05, 3.63) is 49.1 Å². The molecule has 0 aliphatic heterocycles. The Labute approximate surface area is 190 Å². The van der Waals surface area contributed by atoms with Crippen molar-refractivity contribution in [2.45, 2.75) is 57.9 Å². The zero-order valence-corrected chi connectivity index (χ0v) is 19.7. The number of carboxylic acid groups (broad SMARTS) is 1. The molecule has 0 spiro atoms. The lowest BCUT2D eigenvalue weighted by molar-refractivity contribution is -0.697. The number of rotatable bonds is 11. The second kappa shape index (κ2) is 15.0. The Balaban J connectivity index is 0.00000338. The maximum Gasteiger partial charge on any atom is 0.303 e. The lowest BCUT2D eigenvalue weighted by atomic mass is 10.1. The van der Waals surface area contributed by atoms with E-state index in [9.17, 15) is 4.79 Å². The first-order chi connectivity index (χ1) is 12.1. The van der Waals surface area contributed by atoms with Gasteiger partial charge >= 0.3 is 5.97 Å². The Morgan fingerprint density at radius 3 is 1.78 bits per heavy atom. The molecule has 1 N–H and O–H groups in total. The van der Waals surface area contributed by atoms with Crippen molar-refractivity contribution in [3.8, 4) is 11.1 Å². The second-order valence-corrected chi connectivity index (χ2v) is 6.70. The summed E-state index contributed by atoms with van der Waals surface area (Å²) < 4.78 is 4.29. The highest BCUT2D eigenvalue weighted by Gasteiger charge is 2.04. The van der Waals surface area contributed by atoms with Crippen LogP contribution in [0, 0.1) is 0 Å². The van der Waals surface area contributed by atoms with Crippen LogP contribution in [0.15, 0.2) is 49.1 Å². The van der Waals surface area contributed by atoms with Crippen LogP contribution in [0.1, 0.15) is 51.4 Å². The quantitative estimate of drug-likeness (QED) is 0.195. The fraction of sp³-hybridized carbons (Fsp3) is 0.476. The minimum Gasteiger partial charge on any atom is -1.00 e. The minimum absolute atomic E-state index is 0. The van der Waals surface area contributed by atoms with Gasteiger partial charge in [-0.1, -0.05) is 25.7 Å². The summed E-state index contributed by atoms with van der Waals surface area (Å²) in [6.45, 7) is 1.06. The molecule has 27 heavy (non-hydrogen) atoms. The summed E-state index contributed by atoms with van der Waals surface area (Å²) in [5.41, 5.74) is 2.49. The van der Waals surface area contributed by atoms with Gasteiger partial charge in [0.2, 0.25) is 0 Å². The van der Waals surface area contributed by atoms with E-state index in [4.69, 9.17) is 5.11 Å². The average molecular weight is 549 g/mol. The molecule has 0 aliphatic carbocycles. The van der Waals surface area contributed by atoms with Crippen LogP contribution >= 0.6 is 0 Å². The molecule has 0 saturated carbocycles. The summed E-state index contributed by atoms with van der Waals surface area (Å²) in [6.07, 6.45) is 16.7. The van der Waals surface area contributed by atoms with Crippen molar-refractivity contribution in [2.75, 3.05) is 0 Å². The number of unbranched alkanes of at least 4 members (excludes halogenated alkanes) is 6. The van der Waals surface area contributed by atoms with Crippen molar-refractivity contribution >= 4 is 5.97 Å². The van der Waals surface area contributed by atoms with Crippen LogP contribution in [-0.4, -0.2) is 11.1 Å². The number of aryl methyl sites for hydroxylation is 2. The molecule has 0 aliphatic rings. The van der Waals surface area contributed by atoms with Crippen LogP contribution in [0.2, 0.25) is 0 Å². The van der Waals surface area contributed by atoms with Crippen LogP contribution in [0.5, 0.6) is 0 Å². The first-order valence-corrected chi connectivity index (χ1v) is 9.32. The SMILES string of the molecule is C[n+]1ccc(-c2cc[n+](CCCCCCCCCC(=O)O)cc2)cc1.[Br-].[I-]. The second-order valence-electron chi connectivity index (χ2n) is 6.70. The van der Waals surface area contributed by atoms with Crippen molar-refractivity contribution in [1.29, 1.82) is 0 Å². The third-order valence-corrected chi connectivity index (χ3v) is 4.51. The van der Waals surface area contributed by atoms with Crippen LogP contribution in [-0.2, 0) is 18.4 Å². The van der Waals surface area contributed by atoms with Gasteiger partial charge < -0.3 is 46.1 Å². The van der Waals surface area contributed by atoms with Crippen LogP contribution < -0.4 is 50.1 Å². The van der Waals surface area contributed by atoms with E-state index in [2.05, 4.69) is 53.6 Å². The van der Waals surface area contributed by atoms with E-state index in [1.165, 1.54) is 36.8 Å². The summed E-state index contributed by atoms with van der Waals surface area (Å²) in [5.74, 6) is -0.677. The lowest BCUT2D eigenvalue weighted by Gasteiger charge is -2.02. The highest BCUT2D eigenvalue weighted by molar-refractivity contribution is 5.66. The molecule has 0 amide bonds. The highest BCUT2D eigenvalue weighted by atomic mass is 127. The fourth-order valence-corrected chi connectivity index (χ4v) is 2.95. The number of aliphatic carboxylic acids is 1. The molecule has 2 rings (SSSR count). The van der Waals surface area contributed by atoms with Crippen LogP contribution in [0.3, 0.4) is 0 Å². The lowest BCUT2D eigenvalue weighted by Crippen LogP contribution is -3.00. The van der Waals surface area contributed by atoms with E-state index in [-0.39, 0.29) is 41.0 Å². The van der Waals surface area contributed by atoms with E-state index < -0.39 is 5.97 Å². The Morgan fingerprint density at radius 2 is 1.26 bits per heavy atom. The standard InChI is InChI=1S/C21H29N2O2.BrH.HI/c1-22-15-10-19(11-16-22)20-12-17-23(18-13-20)14-8-6-4-2-3-5-7-9-21(24)25;;/h10-13,15-18H,2-9,14H2,1H3;2*1H/q+1;;/p-1. The van der Waals surface area contributed by atoms with E-state index in [1.807, 2.05) is 11.6 Å². The Morgan fingerprint density at radius 1 is 0.815 bits per heavy atom. The number of aromatic nitrogens is 2. The van der Waals surface area contributed by atoms with E-state index in [1.54, 1.807) is 0 Å². The molecule has 0 fully saturated rings. The van der Waals surface area contributed by atoms with Gasteiger partial charge in [0, 0.05) is 37.1 Å². The van der Waals surface area contributed by atoms with E-state index >= 15 is 0 Å². The normalized spacial score (nSPS) is 9.96. The van der Waals surface area contributed by atoms with Crippen molar-refractivity contribution in [2.24, 2.45) is 7.05 Å². The molecule has 0 bridgehead atoms. The molecule has 0 unspecified atom stereocenters. The Hall–Kier alpha value is -1.02. The Kier molecular flexibility index (Phi) is 14.4. The summed E-state index contributed by atoms with van der Waals surface area (Å²) in [5, 5.41) is 8.58. The maximum absolute atomic E-state index is 10.4. The smallest absolute Gasteiger partial charge is 0.303 e. The third kappa shape index (κ3) is 10.8. The molecular formula is C21H30BrIN2O2. The van der Waals surface area contributed by atoms with E-state index in [0.29, 0.717) is 6.42 Å². The number of pyridine rings is 2. The van der Waals surface area contributed by atoms with Gasteiger partial charge in [-0.25, -0.2) is 9.13 Å². The molecule has 2 aromatic heterocycles. The van der Waals surface area contributed by atoms with Crippen LogP contribution in [0.4, 0.5) is 0 Å². The summed E-state index contributed by atoms with van der Waals surface area (Å²) in [7, 11) is 2.03. The molecule has 0 atom stereocenters. The molecular weight excluding hydrogens is 519 g/mol. The molecule has 0 saturated heterocycles. The van der Waals surface area contributed by atoms with Gasteiger partial charge in [0.05, 0.1) is 0 Å². The van der Waals surface area contributed by atoms with Crippen molar-refractivity contribution in [1.82, 2.24) is 0 Å². The summed E-state index contributed by atoms with van der Waals surface area (Å²) >= 11 is 0. The van der Waals surface area contributed by atoms with Crippen molar-refractivity contribution < 1.29 is 60.0 Å². The summed E-state index contributed by atoms with van der Waals surface area (Å²) in [6, 6.07) is 8.63. The Bertz CT molecular complexity index is 648. The molecule has 150 valence electrons. The molecule has 4 nitrogen and oxygen atoms in total. The maximum atomic E-state index is 10.4.